The topological polar surface area (TPSA) is 109 Å². The summed E-state index contributed by atoms with van der Waals surface area (Å²) in [5.41, 5.74) is 7.12. The van der Waals surface area contributed by atoms with Gasteiger partial charge in [0.25, 0.3) is 5.56 Å². The van der Waals surface area contributed by atoms with Crippen LogP contribution >= 0.6 is 23.2 Å². The Morgan fingerprint density at radius 3 is 1.82 bits per heavy atom. The molecule has 0 aliphatic heterocycles. The lowest BCUT2D eigenvalue weighted by atomic mass is 10.1. The minimum Gasteiger partial charge on any atom is -0.497 e. The largest absolute Gasteiger partial charge is 0.497 e. The van der Waals surface area contributed by atoms with Gasteiger partial charge in [-0.15, -0.1) is 0 Å². The number of nitrogen functional groups attached to an aromatic ring is 1. The van der Waals surface area contributed by atoms with Gasteiger partial charge in [-0.05, 0) is 47.5 Å². The Kier molecular flexibility index (Phi) is 8.63. The minimum atomic E-state index is -0.853. The Morgan fingerprint density at radius 2 is 1.38 bits per heavy atom. The van der Waals surface area contributed by atoms with E-state index in [1.54, 1.807) is 14.2 Å². The molecule has 0 aliphatic rings. The van der Waals surface area contributed by atoms with Gasteiger partial charge in [0.1, 0.15) is 17.8 Å². The zero-order valence-corrected chi connectivity index (χ0v) is 23.0. The molecule has 1 aromatic heterocycles. The minimum absolute atomic E-state index is 0.126. The molecule has 39 heavy (non-hydrogen) atoms. The molecule has 0 fully saturated rings. The number of hydrogen-bond donors (Lipinski definition) is 1. The number of nitrogens with zero attached hydrogens (tertiary/aromatic N) is 3. The third-order valence-corrected chi connectivity index (χ3v) is 6.56. The number of aromatic nitrogens is 2. The molecule has 0 saturated heterocycles. The summed E-state index contributed by atoms with van der Waals surface area (Å²) < 4.78 is 16.6. The average molecular weight is 569 g/mol. The lowest BCUT2D eigenvalue weighted by Crippen LogP contribution is -2.33. The summed E-state index contributed by atoms with van der Waals surface area (Å²) in [7, 11) is 4.38. The highest BCUT2D eigenvalue weighted by atomic mass is 35.5. The van der Waals surface area contributed by atoms with Gasteiger partial charge < -0.3 is 24.8 Å². The van der Waals surface area contributed by atoms with Crippen LogP contribution in [0.3, 0.4) is 0 Å². The summed E-state index contributed by atoms with van der Waals surface area (Å²) in [6.07, 6.45) is 1.28. The molecule has 0 saturated carbocycles. The number of carbonyl (C=O) groups excluding carboxylic acids is 1. The fourth-order valence-corrected chi connectivity index (χ4v) is 4.73. The molecule has 2 N–H and O–H groups in total. The van der Waals surface area contributed by atoms with Crippen LogP contribution in [0.15, 0.2) is 71.8 Å². The van der Waals surface area contributed by atoms with Crippen molar-refractivity contribution in [3.05, 3.63) is 104 Å². The van der Waals surface area contributed by atoms with Crippen LogP contribution in [0, 0.1) is 0 Å². The zero-order chi connectivity index (χ0) is 28.1. The van der Waals surface area contributed by atoms with Gasteiger partial charge in [-0.25, -0.2) is 9.78 Å². The molecular formula is C28H26Cl2N4O5. The van der Waals surface area contributed by atoms with Crippen molar-refractivity contribution in [2.45, 2.75) is 13.1 Å². The van der Waals surface area contributed by atoms with Crippen LogP contribution in [0.25, 0.3) is 5.69 Å². The number of carbonyl (C=O) groups is 1. The molecule has 0 bridgehead atoms. The van der Waals surface area contributed by atoms with Crippen LogP contribution in [0.4, 0.5) is 11.5 Å². The lowest BCUT2D eigenvalue weighted by molar-refractivity contribution is 0.0598. The van der Waals surface area contributed by atoms with Crippen LogP contribution in [-0.2, 0) is 17.8 Å². The van der Waals surface area contributed by atoms with Crippen molar-refractivity contribution in [3.63, 3.8) is 0 Å². The Balaban J connectivity index is 1.86. The first-order chi connectivity index (χ1) is 18.7. The number of rotatable bonds is 9. The van der Waals surface area contributed by atoms with Gasteiger partial charge in [-0.3, -0.25) is 9.36 Å². The smallest absolute Gasteiger partial charge is 0.347 e. The average Bonchev–Trinajstić information content (AvgIpc) is 2.93. The molecule has 0 atom stereocenters. The maximum absolute atomic E-state index is 13.8. The van der Waals surface area contributed by atoms with Crippen molar-refractivity contribution in [2.24, 2.45) is 0 Å². The van der Waals surface area contributed by atoms with E-state index in [0.29, 0.717) is 30.3 Å². The fourth-order valence-electron chi connectivity index (χ4n) is 4.05. The molecule has 0 spiro atoms. The summed E-state index contributed by atoms with van der Waals surface area (Å²) >= 11 is 12.7. The van der Waals surface area contributed by atoms with E-state index in [1.807, 2.05) is 53.4 Å². The van der Waals surface area contributed by atoms with E-state index in [4.69, 9.17) is 43.1 Å². The summed E-state index contributed by atoms with van der Waals surface area (Å²) in [4.78, 5) is 33.1. The van der Waals surface area contributed by atoms with E-state index in [1.165, 1.54) is 25.6 Å². The second-order valence-corrected chi connectivity index (χ2v) is 9.31. The highest BCUT2D eigenvalue weighted by Gasteiger charge is 2.26. The molecular weight excluding hydrogens is 543 g/mol. The van der Waals surface area contributed by atoms with Crippen molar-refractivity contribution >= 4 is 40.7 Å². The number of anilines is 2. The monoisotopic (exact) mass is 568 g/mol. The molecule has 3 aromatic carbocycles. The quantitative estimate of drug-likeness (QED) is 0.218. The number of nitrogens with two attached hydrogens (primary N) is 1. The summed E-state index contributed by atoms with van der Waals surface area (Å²) in [5, 5.41) is 0.251. The maximum Gasteiger partial charge on any atom is 0.347 e. The van der Waals surface area contributed by atoms with Crippen molar-refractivity contribution in [1.29, 1.82) is 0 Å². The third-order valence-electron chi connectivity index (χ3n) is 5.99. The highest BCUT2D eigenvalue weighted by molar-refractivity contribution is 6.38. The van der Waals surface area contributed by atoms with Gasteiger partial charge in [0.05, 0.1) is 37.1 Å². The normalized spacial score (nSPS) is 10.7. The Bertz CT molecular complexity index is 1470. The molecule has 1 heterocycles. The molecule has 0 amide bonds. The van der Waals surface area contributed by atoms with Gasteiger partial charge in [0, 0.05) is 18.8 Å². The number of esters is 1. The Hall–Kier alpha value is -4.21. The van der Waals surface area contributed by atoms with Crippen molar-refractivity contribution in [2.75, 3.05) is 32.0 Å². The molecule has 202 valence electrons. The summed E-state index contributed by atoms with van der Waals surface area (Å²) in [6, 6.07) is 17.8. The Labute approximate surface area is 235 Å². The lowest BCUT2D eigenvalue weighted by Gasteiger charge is -2.26. The second-order valence-electron chi connectivity index (χ2n) is 8.50. The zero-order valence-electron chi connectivity index (χ0n) is 21.5. The predicted octanol–water partition coefficient (Wildman–Crippen LogP) is 5.13. The van der Waals surface area contributed by atoms with Gasteiger partial charge in [0.15, 0.2) is 11.4 Å². The summed E-state index contributed by atoms with van der Waals surface area (Å²) in [6.45, 7) is 0.639. The van der Waals surface area contributed by atoms with E-state index in [9.17, 15) is 9.59 Å². The van der Waals surface area contributed by atoms with Gasteiger partial charge >= 0.3 is 5.97 Å². The van der Waals surface area contributed by atoms with Gasteiger partial charge in [-0.1, -0.05) is 47.5 Å². The summed E-state index contributed by atoms with van der Waals surface area (Å²) in [5.74, 6) is 0.689. The van der Waals surface area contributed by atoms with Crippen LogP contribution < -0.4 is 25.7 Å². The maximum atomic E-state index is 13.8. The van der Waals surface area contributed by atoms with Crippen LogP contribution in [0.1, 0.15) is 21.5 Å². The van der Waals surface area contributed by atoms with Gasteiger partial charge in [0.2, 0.25) is 0 Å². The molecule has 0 unspecified atom stereocenters. The highest BCUT2D eigenvalue weighted by Crippen LogP contribution is 2.31. The van der Waals surface area contributed by atoms with E-state index >= 15 is 0 Å². The van der Waals surface area contributed by atoms with Crippen molar-refractivity contribution in [1.82, 2.24) is 9.55 Å². The van der Waals surface area contributed by atoms with E-state index in [-0.39, 0.29) is 27.1 Å². The molecule has 0 radical (unpaired) electrons. The number of hydrogen-bond acceptors (Lipinski definition) is 8. The van der Waals surface area contributed by atoms with Crippen molar-refractivity contribution < 1.29 is 19.0 Å². The predicted molar refractivity (Wildman–Crippen MR) is 151 cm³/mol. The molecule has 4 aromatic rings. The van der Waals surface area contributed by atoms with Crippen molar-refractivity contribution in [3.8, 4) is 17.2 Å². The van der Waals surface area contributed by atoms with Crippen LogP contribution in [-0.4, -0.2) is 36.8 Å². The number of benzene rings is 3. The first-order valence-corrected chi connectivity index (χ1v) is 12.5. The van der Waals surface area contributed by atoms with E-state index in [0.717, 1.165) is 15.7 Å². The number of methoxy groups -OCH3 is 3. The first kappa shape index (κ1) is 27.8. The second kappa shape index (κ2) is 12.1. The SMILES string of the molecule is COC(=O)c1c(N(Cc2ccc(OC)cc2)Cc2ccc(OC)cc2)ncn(-c2c(Cl)cc(N)cc2Cl)c1=O. The first-order valence-electron chi connectivity index (χ1n) is 11.7. The van der Waals surface area contributed by atoms with Crippen LogP contribution in [0.5, 0.6) is 11.5 Å². The van der Waals surface area contributed by atoms with E-state index < -0.39 is 11.5 Å². The number of halogens is 2. The van der Waals surface area contributed by atoms with Gasteiger partial charge in [-0.2, -0.15) is 0 Å². The Morgan fingerprint density at radius 1 is 0.897 bits per heavy atom. The molecule has 9 nitrogen and oxygen atoms in total. The van der Waals surface area contributed by atoms with Crippen LogP contribution in [0.2, 0.25) is 10.0 Å². The molecule has 4 rings (SSSR count). The van der Waals surface area contributed by atoms with E-state index in [2.05, 4.69) is 4.98 Å². The molecule has 11 heteroatoms. The number of ether oxygens (including phenoxy) is 3. The molecule has 0 aliphatic carbocycles. The fraction of sp³-hybridized carbons (Fsp3) is 0.179. The standard InChI is InChI=1S/C28H26Cl2N4O5/c1-37-20-8-4-17(5-9-20)14-33(15-18-6-10-21(38-2)11-7-18)26-24(28(36)39-3)27(35)34(16-32-26)25-22(29)12-19(31)13-23(25)30/h4-13,16H,14-15,31H2,1-3H3. The third kappa shape index (κ3) is 6.10.